The van der Waals surface area contributed by atoms with E-state index >= 15 is 0 Å². The number of hydrogen-bond donors (Lipinski definition) is 2. The summed E-state index contributed by atoms with van der Waals surface area (Å²) >= 11 is 0. The number of nitrogens with one attached hydrogen (secondary N) is 2. The van der Waals surface area contributed by atoms with Gasteiger partial charge in [-0.3, -0.25) is 14.5 Å². The smallest absolute Gasteiger partial charge is 0.416 e. The molecule has 2 aromatic carbocycles. The van der Waals surface area contributed by atoms with Crippen LogP contribution in [0.2, 0.25) is 0 Å². The third kappa shape index (κ3) is 6.20. The van der Waals surface area contributed by atoms with Gasteiger partial charge in [0.05, 0.1) is 24.0 Å². The van der Waals surface area contributed by atoms with E-state index in [-0.39, 0.29) is 48.1 Å². The maximum absolute atomic E-state index is 14.8. The standard InChI is InChI=1S/C27H22F4N6O3/c1-36-14-16(13-33-36)24-12-22(4-6-32-24)40-25-3-2-18(11-23(25)28)34-26(39)35-19-8-17(27(29,30)31)9-20(10-19)37-7-5-21(38)15-37/h2-4,6,8-14H,5,7,15H2,1H3,(H2,34,35,39). The van der Waals surface area contributed by atoms with Gasteiger partial charge in [0.25, 0.3) is 0 Å². The summed E-state index contributed by atoms with van der Waals surface area (Å²) in [6.45, 7) is 0.272. The second kappa shape index (κ2) is 10.7. The van der Waals surface area contributed by atoms with E-state index in [0.717, 1.165) is 23.8 Å². The Morgan fingerprint density at radius 2 is 1.85 bits per heavy atom. The van der Waals surface area contributed by atoms with Crippen molar-refractivity contribution in [3.05, 3.63) is 78.5 Å². The number of amides is 2. The molecule has 206 valence electrons. The molecule has 1 fully saturated rings. The highest BCUT2D eigenvalue weighted by Gasteiger charge is 2.32. The van der Waals surface area contributed by atoms with Crippen LogP contribution in [0.1, 0.15) is 12.0 Å². The Hall–Kier alpha value is -4.94. The van der Waals surface area contributed by atoms with Crippen molar-refractivity contribution in [3.8, 4) is 22.8 Å². The Bertz CT molecular complexity index is 1590. The van der Waals surface area contributed by atoms with Gasteiger partial charge in [-0.15, -0.1) is 0 Å². The second-order valence-corrected chi connectivity index (χ2v) is 9.08. The molecule has 2 amide bonds. The van der Waals surface area contributed by atoms with Crippen LogP contribution in [0, 0.1) is 5.82 Å². The predicted octanol–water partition coefficient (Wildman–Crippen LogP) is 5.86. The minimum Gasteiger partial charge on any atom is -0.454 e. The Labute approximate surface area is 225 Å². The normalized spacial score (nSPS) is 13.4. The maximum Gasteiger partial charge on any atom is 0.416 e. The number of benzene rings is 2. The molecule has 0 saturated carbocycles. The highest BCUT2D eigenvalue weighted by molar-refractivity contribution is 6.00. The van der Waals surface area contributed by atoms with Crippen LogP contribution in [0.15, 0.2) is 67.1 Å². The van der Waals surface area contributed by atoms with E-state index < -0.39 is 23.6 Å². The minimum atomic E-state index is -4.67. The van der Waals surface area contributed by atoms with Crippen LogP contribution in [-0.2, 0) is 18.0 Å². The molecule has 2 N–H and O–H groups in total. The lowest BCUT2D eigenvalue weighted by Crippen LogP contribution is -2.22. The third-order valence-corrected chi connectivity index (χ3v) is 6.05. The van der Waals surface area contributed by atoms with Crippen molar-refractivity contribution in [2.75, 3.05) is 28.6 Å². The van der Waals surface area contributed by atoms with E-state index in [2.05, 4.69) is 20.7 Å². The molecule has 0 aliphatic carbocycles. The monoisotopic (exact) mass is 554 g/mol. The number of aromatic nitrogens is 3. The molecular formula is C27H22F4N6O3. The van der Waals surface area contributed by atoms with Crippen molar-refractivity contribution in [1.82, 2.24) is 14.8 Å². The minimum absolute atomic E-state index is 0.00902. The van der Waals surface area contributed by atoms with Gasteiger partial charge in [0.15, 0.2) is 17.3 Å². The van der Waals surface area contributed by atoms with Gasteiger partial charge in [-0.1, -0.05) is 0 Å². The zero-order chi connectivity index (χ0) is 28.4. The number of rotatable bonds is 6. The molecule has 0 radical (unpaired) electrons. The molecule has 40 heavy (non-hydrogen) atoms. The summed E-state index contributed by atoms with van der Waals surface area (Å²) < 4.78 is 62.5. The average Bonchev–Trinajstić information content (AvgIpc) is 3.53. The lowest BCUT2D eigenvalue weighted by atomic mass is 10.1. The van der Waals surface area contributed by atoms with Gasteiger partial charge in [0, 0.05) is 67.2 Å². The first-order valence-electron chi connectivity index (χ1n) is 12.0. The number of Topliss-reactive ketones (excluding diaryl/α,β-unsaturated/α-hetero) is 1. The molecule has 5 rings (SSSR count). The number of nitrogens with zero attached hydrogens (tertiary/aromatic N) is 4. The molecule has 13 heteroatoms. The number of hydrogen-bond acceptors (Lipinski definition) is 6. The fourth-order valence-electron chi connectivity index (χ4n) is 4.15. The first-order chi connectivity index (χ1) is 19.0. The molecule has 9 nitrogen and oxygen atoms in total. The Kier molecular flexibility index (Phi) is 7.11. The quantitative estimate of drug-likeness (QED) is 0.290. The van der Waals surface area contributed by atoms with E-state index in [0.29, 0.717) is 11.4 Å². The van der Waals surface area contributed by atoms with Gasteiger partial charge in [-0.25, -0.2) is 9.18 Å². The number of pyridine rings is 1. The lowest BCUT2D eigenvalue weighted by molar-refractivity contribution is -0.137. The third-order valence-electron chi connectivity index (χ3n) is 6.05. The number of aryl methyl sites for hydroxylation is 1. The van der Waals surface area contributed by atoms with Crippen molar-refractivity contribution in [2.45, 2.75) is 12.6 Å². The second-order valence-electron chi connectivity index (χ2n) is 9.08. The van der Waals surface area contributed by atoms with E-state index in [1.165, 1.54) is 29.3 Å². The summed E-state index contributed by atoms with van der Waals surface area (Å²) in [6.07, 6.45) is 0.477. The number of anilines is 3. The summed E-state index contributed by atoms with van der Waals surface area (Å²) in [5.74, 6) is -0.655. The largest absolute Gasteiger partial charge is 0.454 e. The molecule has 1 aliphatic heterocycles. The predicted molar refractivity (Wildman–Crippen MR) is 139 cm³/mol. The van der Waals surface area contributed by atoms with Crippen molar-refractivity contribution < 1.29 is 31.9 Å². The topological polar surface area (TPSA) is 101 Å². The molecule has 2 aromatic heterocycles. The summed E-state index contributed by atoms with van der Waals surface area (Å²) in [5.41, 5.74) is 0.423. The summed E-state index contributed by atoms with van der Waals surface area (Å²) in [4.78, 5) is 29.9. The lowest BCUT2D eigenvalue weighted by Gasteiger charge is -2.20. The highest BCUT2D eigenvalue weighted by Crippen LogP contribution is 2.35. The first-order valence-corrected chi connectivity index (χ1v) is 12.0. The van der Waals surface area contributed by atoms with Gasteiger partial charge in [0.1, 0.15) is 5.75 Å². The zero-order valence-corrected chi connectivity index (χ0v) is 21.0. The summed E-state index contributed by atoms with van der Waals surface area (Å²) in [6, 6.07) is 9.07. The fraction of sp³-hybridized carbons (Fsp3) is 0.185. The summed E-state index contributed by atoms with van der Waals surface area (Å²) in [7, 11) is 1.77. The van der Waals surface area contributed by atoms with Crippen LogP contribution in [-0.4, -0.2) is 39.7 Å². The van der Waals surface area contributed by atoms with E-state index in [1.807, 2.05) is 0 Å². The number of ketones is 1. The van der Waals surface area contributed by atoms with Crippen LogP contribution in [0.4, 0.5) is 39.4 Å². The molecule has 0 unspecified atom stereocenters. The molecular weight excluding hydrogens is 532 g/mol. The Morgan fingerprint density at radius 3 is 2.52 bits per heavy atom. The van der Waals surface area contributed by atoms with Crippen molar-refractivity contribution in [2.24, 2.45) is 7.05 Å². The maximum atomic E-state index is 14.8. The number of carbonyl (C=O) groups is 2. The molecule has 1 aliphatic rings. The van der Waals surface area contributed by atoms with Gasteiger partial charge in [-0.2, -0.15) is 18.3 Å². The Morgan fingerprint density at radius 1 is 1.05 bits per heavy atom. The zero-order valence-electron chi connectivity index (χ0n) is 21.0. The van der Waals surface area contributed by atoms with Crippen LogP contribution in [0.3, 0.4) is 0 Å². The summed E-state index contributed by atoms with van der Waals surface area (Å²) in [5, 5.41) is 8.83. The van der Waals surface area contributed by atoms with Gasteiger partial charge in [-0.05, 0) is 36.4 Å². The van der Waals surface area contributed by atoms with Crippen LogP contribution < -0.4 is 20.3 Å². The fourth-order valence-corrected chi connectivity index (χ4v) is 4.15. The van der Waals surface area contributed by atoms with Crippen molar-refractivity contribution in [3.63, 3.8) is 0 Å². The molecule has 0 atom stereocenters. The molecule has 0 spiro atoms. The number of halogens is 4. The highest BCUT2D eigenvalue weighted by atomic mass is 19.4. The molecule has 3 heterocycles. The van der Waals surface area contributed by atoms with Crippen LogP contribution in [0.5, 0.6) is 11.5 Å². The van der Waals surface area contributed by atoms with Crippen LogP contribution in [0.25, 0.3) is 11.3 Å². The van der Waals surface area contributed by atoms with Crippen LogP contribution >= 0.6 is 0 Å². The van der Waals surface area contributed by atoms with Crippen molar-refractivity contribution >= 4 is 28.9 Å². The van der Waals surface area contributed by atoms with Gasteiger partial charge < -0.3 is 20.3 Å². The van der Waals surface area contributed by atoms with Gasteiger partial charge in [0.2, 0.25) is 0 Å². The molecule has 4 aromatic rings. The van der Waals surface area contributed by atoms with E-state index in [1.54, 1.807) is 36.3 Å². The number of carbonyl (C=O) groups excluding carboxylic acids is 2. The van der Waals surface area contributed by atoms with E-state index in [9.17, 15) is 27.2 Å². The SMILES string of the molecule is Cn1cc(-c2cc(Oc3ccc(NC(=O)Nc4cc(N5CCC(=O)C5)cc(C(F)(F)F)c4)cc3F)ccn2)cn1. The molecule has 1 saturated heterocycles. The Balaban J connectivity index is 1.28. The van der Waals surface area contributed by atoms with E-state index in [4.69, 9.17) is 4.74 Å². The van der Waals surface area contributed by atoms with Gasteiger partial charge >= 0.3 is 12.2 Å². The number of urea groups is 1. The number of alkyl halides is 3. The number of ether oxygens (including phenoxy) is 1. The van der Waals surface area contributed by atoms with Crippen molar-refractivity contribution in [1.29, 1.82) is 0 Å². The average molecular weight is 555 g/mol. The first kappa shape index (κ1) is 26.7. The molecule has 0 bridgehead atoms.